The standard InChI is InChI=1S/C29H38N4O2/c1-30-26(34)23-12-14-25(15-13-23)32-21-28(33(27(32)35)20-22-8-7-9-22)16-18-29(19-17-28,31(2)3)24-10-5-4-6-11-24/h4-6,10-15,22H,7-9,16-21H2,1-3H3,(H,30,34)/t28-,29+. The minimum absolute atomic E-state index is 0.000277. The van der Waals surface area contributed by atoms with Crippen LogP contribution in [0.2, 0.25) is 0 Å². The number of benzene rings is 2. The molecule has 0 aromatic heterocycles. The van der Waals surface area contributed by atoms with Crippen molar-refractivity contribution in [2.75, 3.05) is 39.1 Å². The molecule has 3 aliphatic rings. The fraction of sp³-hybridized carbons (Fsp3) is 0.517. The summed E-state index contributed by atoms with van der Waals surface area (Å²) >= 11 is 0. The molecule has 1 spiro atoms. The van der Waals surface area contributed by atoms with E-state index in [0.29, 0.717) is 11.5 Å². The number of hydrogen-bond acceptors (Lipinski definition) is 3. The molecule has 1 N–H and O–H groups in total. The van der Waals surface area contributed by atoms with Crippen LogP contribution in [0.3, 0.4) is 0 Å². The topological polar surface area (TPSA) is 55.9 Å². The van der Waals surface area contributed by atoms with Gasteiger partial charge in [-0.15, -0.1) is 0 Å². The zero-order valence-electron chi connectivity index (χ0n) is 21.3. The third-order valence-corrected chi connectivity index (χ3v) is 9.00. The Balaban J connectivity index is 1.43. The summed E-state index contributed by atoms with van der Waals surface area (Å²) in [7, 11) is 6.02. The van der Waals surface area contributed by atoms with Crippen molar-refractivity contribution in [3.63, 3.8) is 0 Å². The summed E-state index contributed by atoms with van der Waals surface area (Å²) in [4.78, 5) is 32.4. The molecule has 35 heavy (non-hydrogen) atoms. The fourth-order valence-corrected chi connectivity index (χ4v) is 6.44. The Morgan fingerprint density at radius 2 is 1.66 bits per heavy atom. The van der Waals surface area contributed by atoms with Gasteiger partial charge in [0.05, 0.1) is 12.1 Å². The van der Waals surface area contributed by atoms with Crippen molar-refractivity contribution in [1.29, 1.82) is 0 Å². The SMILES string of the molecule is CNC(=O)c1ccc(N2C[C@]3(CC[C@](c4ccccc4)(N(C)C)CC3)N(CC3CCC3)C2=O)cc1. The summed E-state index contributed by atoms with van der Waals surface area (Å²) in [5.74, 6) is 0.515. The van der Waals surface area contributed by atoms with E-state index in [-0.39, 0.29) is 23.0 Å². The first-order valence-electron chi connectivity index (χ1n) is 13.0. The first-order valence-corrected chi connectivity index (χ1v) is 13.0. The van der Waals surface area contributed by atoms with Crippen LogP contribution in [-0.4, -0.2) is 61.5 Å². The van der Waals surface area contributed by atoms with Gasteiger partial charge in [-0.25, -0.2) is 4.79 Å². The van der Waals surface area contributed by atoms with E-state index in [1.807, 2.05) is 29.2 Å². The highest BCUT2D eigenvalue weighted by atomic mass is 16.2. The molecule has 2 aliphatic carbocycles. The summed E-state index contributed by atoms with van der Waals surface area (Å²) in [6.07, 6.45) is 7.78. The normalized spacial score (nSPS) is 26.9. The number of hydrogen-bond donors (Lipinski definition) is 1. The molecule has 3 amide bonds. The van der Waals surface area contributed by atoms with Gasteiger partial charge in [0.2, 0.25) is 0 Å². The van der Waals surface area contributed by atoms with Crippen LogP contribution >= 0.6 is 0 Å². The maximum absolute atomic E-state index is 13.9. The molecule has 0 radical (unpaired) electrons. The molecule has 2 saturated carbocycles. The zero-order chi connectivity index (χ0) is 24.6. The lowest BCUT2D eigenvalue weighted by Crippen LogP contribution is -2.56. The molecule has 6 nitrogen and oxygen atoms in total. The summed E-state index contributed by atoms with van der Waals surface area (Å²) in [6.45, 7) is 1.59. The molecule has 6 heteroatoms. The minimum Gasteiger partial charge on any atom is -0.355 e. The number of amides is 3. The zero-order valence-corrected chi connectivity index (χ0v) is 21.3. The second-order valence-corrected chi connectivity index (χ2v) is 10.9. The Labute approximate surface area is 209 Å². The molecule has 0 unspecified atom stereocenters. The van der Waals surface area contributed by atoms with Crippen LogP contribution in [0.5, 0.6) is 0 Å². The van der Waals surface area contributed by atoms with Crippen molar-refractivity contribution in [2.24, 2.45) is 5.92 Å². The van der Waals surface area contributed by atoms with Gasteiger partial charge >= 0.3 is 6.03 Å². The number of nitrogens with zero attached hydrogens (tertiary/aromatic N) is 3. The van der Waals surface area contributed by atoms with Gasteiger partial charge in [-0.1, -0.05) is 36.8 Å². The highest BCUT2D eigenvalue weighted by Gasteiger charge is 2.55. The van der Waals surface area contributed by atoms with E-state index in [2.05, 4.69) is 59.5 Å². The van der Waals surface area contributed by atoms with Crippen molar-refractivity contribution in [2.45, 2.75) is 56.0 Å². The van der Waals surface area contributed by atoms with Crippen molar-refractivity contribution < 1.29 is 9.59 Å². The van der Waals surface area contributed by atoms with Crippen LogP contribution in [0.25, 0.3) is 0 Å². The molecule has 1 heterocycles. The predicted octanol–water partition coefficient (Wildman–Crippen LogP) is 4.86. The van der Waals surface area contributed by atoms with Gasteiger partial charge in [0, 0.05) is 30.4 Å². The van der Waals surface area contributed by atoms with Crippen molar-refractivity contribution in [1.82, 2.24) is 15.1 Å². The average Bonchev–Trinajstić information content (AvgIpc) is 3.12. The molecule has 186 valence electrons. The Hall–Kier alpha value is -2.86. The largest absolute Gasteiger partial charge is 0.355 e. The maximum Gasteiger partial charge on any atom is 0.325 e. The molecule has 1 saturated heterocycles. The lowest BCUT2D eigenvalue weighted by Gasteiger charge is -2.51. The van der Waals surface area contributed by atoms with Gasteiger partial charge < -0.3 is 10.2 Å². The third kappa shape index (κ3) is 4.12. The van der Waals surface area contributed by atoms with E-state index >= 15 is 0 Å². The van der Waals surface area contributed by atoms with Crippen molar-refractivity contribution >= 4 is 17.6 Å². The van der Waals surface area contributed by atoms with Crippen molar-refractivity contribution in [3.8, 4) is 0 Å². The molecule has 3 fully saturated rings. The Morgan fingerprint density at radius 3 is 2.20 bits per heavy atom. The van der Waals surface area contributed by atoms with E-state index in [9.17, 15) is 9.59 Å². The van der Waals surface area contributed by atoms with Crippen LogP contribution in [0, 0.1) is 5.92 Å². The van der Waals surface area contributed by atoms with Gasteiger partial charge in [0.1, 0.15) is 0 Å². The number of carbonyl (C=O) groups excluding carboxylic acids is 2. The van der Waals surface area contributed by atoms with E-state index < -0.39 is 0 Å². The Morgan fingerprint density at radius 1 is 1.00 bits per heavy atom. The van der Waals surface area contributed by atoms with Crippen LogP contribution < -0.4 is 10.2 Å². The van der Waals surface area contributed by atoms with Crippen LogP contribution in [0.15, 0.2) is 54.6 Å². The third-order valence-electron chi connectivity index (χ3n) is 9.00. The summed E-state index contributed by atoms with van der Waals surface area (Å²) in [5.41, 5.74) is 2.72. The summed E-state index contributed by atoms with van der Waals surface area (Å²) in [5, 5.41) is 2.67. The summed E-state index contributed by atoms with van der Waals surface area (Å²) in [6, 6.07) is 18.5. The van der Waals surface area contributed by atoms with Crippen LogP contribution in [0.4, 0.5) is 10.5 Å². The fourth-order valence-electron chi connectivity index (χ4n) is 6.44. The second kappa shape index (κ2) is 9.30. The second-order valence-electron chi connectivity index (χ2n) is 10.9. The number of rotatable bonds is 6. The van der Waals surface area contributed by atoms with Gasteiger partial charge in [-0.2, -0.15) is 0 Å². The Bertz CT molecular complexity index is 1050. The molecular formula is C29H38N4O2. The van der Waals surface area contributed by atoms with Crippen molar-refractivity contribution in [3.05, 3.63) is 65.7 Å². The average molecular weight is 475 g/mol. The molecule has 1 aliphatic heterocycles. The minimum atomic E-state index is -0.138. The van der Waals surface area contributed by atoms with Gasteiger partial charge in [0.15, 0.2) is 0 Å². The lowest BCUT2D eigenvalue weighted by atomic mass is 9.68. The van der Waals surface area contributed by atoms with E-state index in [0.717, 1.165) is 44.5 Å². The van der Waals surface area contributed by atoms with Crippen LogP contribution in [-0.2, 0) is 5.54 Å². The molecule has 2 aromatic carbocycles. The highest BCUT2D eigenvalue weighted by molar-refractivity contribution is 5.97. The smallest absolute Gasteiger partial charge is 0.325 e. The molecule has 0 atom stereocenters. The number of urea groups is 1. The molecular weight excluding hydrogens is 436 g/mol. The monoisotopic (exact) mass is 474 g/mol. The Kier molecular flexibility index (Phi) is 6.34. The predicted molar refractivity (Wildman–Crippen MR) is 140 cm³/mol. The first kappa shape index (κ1) is 23.9. The molecule has 2 aromatic rings. The number of anilines is 1. The van der Waals surface area contributed by atoms with Crippen LogP contribution in [0.1, 0.15) is 60.9 Å². The molecule has 0 bridgehead atoms. The van der Waals surface area contributed by atoms with Gasteiger partial charge in [-0.3, -0.25) is 14.6 Å². The van der Waals surface area contributed by atoms with Gasteiger partial charge in [-0.05, 0) is 88.4 Å². The number of carbonyl (C=O) groups is 2. The maximum atomic E-state index is 13.9. The number of nitrogens with one attached hydrogen (secondary N) is 1. The van der Waals surface area contributed by atoms with E-state index in [1.54, 1.807) is 7.05 Å². The summed E-state index contributed by atoms with van der Waals surface area (Å²) < 4.78 is 0. The quantitative estimate of drug-likeness (QED) is 0.651. The first-order chi connectivity index (χ1) is 16.9. The highest BCUT2D eigenvalue weighted by Crippen LogP contribution is 2.50. The molecule has 5 rings (SSSR count). The van der Waals surface area contributed by atoms with E-state index in [1.165, 1.54) is 24.8 Å². The van der Waals surface area contributed by atoms with E-state index in [4.69, 9.17) is 0 Å². The van der Waals surface area contributed by atoms with Gasteiger partial charge in [0.25, 0.3) is 5.91 Å². The lowest BCUT2D eigenvalue weighted by molar-refractivity contribution is 0.0172.